The SMILES string of the molecule is NC(=NC1C2CCOC2C12CCCC2)Nc1ccccc1. The van der Waals surface area contributed by atoms with Crippen LogP contribution in [0.1, 0.15) is 32.1 Å². The minimum Gasteiger partial charge on any atom is -0.377 e. The molecule has 3 aliphatic rings. The molecule has 3 fully saturated rings. The first-order valence-corrected chi connectivity index (χ1v) is 8.06. The molecule has 112 valence electrons. The number of hydrogen-bond donors (Lipinski definition) is 2. The normalized spacial score (nSPS) is 33.7. The summed E-state index contributed by atoms with van der Waals surface area (Å²) in [6.07, 6.45) is 6.70. The average molecular weight is 285 g/mol. The summed E-state index contributed by atoms with van der Waals surface area (Å²) in [7, 11) is 0. The third-order valence-corrected chi connectivity index (χ3v) is 5.56. The van der Waals surface area contributed by atoms with Gasteiger partial charge in [0.2, 0.25) is 0 Å². The number of guanidine groups is 1. The van der Waals surface area contributed by atoms with Gasteiger partial charge in [-0.2, -0.15) is 0 Å². The number of ether oxygens (including phenoxy) is 1. The first-order valence-electron chi connectivity index (χ1n) is 8.06. The number of nitrogens with two attached hydrogens (primary N) is 1. The molecule has 1 aliphatic heterocycles. The van der Waals surface area contributed by atoms with Gasteiger partial charge in [-0.1, -0.05) is 31.0 Å². The molecule has 3 atom stereocenters. The van der Waals surface area contributed by atoms with Crippen molar-refractivity contribution in [2.24, 2.45) is 22.1 Å². The number of nitrogens with zero attached hydrogens (tertiary/aromatic N) is 1. The number of nitrogens with one attached hydrogen (secondary N) is 1. The van der Waals surface area contributed by atoms with Crippen LogP contribution in [0.3, 0.4) is 0 Å². The van der Waals surface area contributed by atoms with Crippen molar-refractivity contribution in [1.29, 1.82) is 0 Å². The lowest BCUT2D eigenvalue weighted by Gasteiger charge is -2.54. The minimum atomic E-state index is 0.282. The van der Waals surface area contributed by atoms with E-state index in [2.05, 4.69) is 5.32 Å². The van der Waals surface area contributed by atoms with E-state index in [1.165, 1.54) is 25.7 Å². The number of rotatable bonds is 2. The highest BCUT2D eigenvalue weighted by Crippen LogP contribution is 2.62. The summed E-state index contributed by atoms with van der Waals surface area (Å²) in [6.45, 7) is 0.898. The molecular weight excluding hydrogens is 262 g/mol. The van der Waals surface area contributed by atoms with Crippen LogP contribution in [0, 0.1) is 11.3 Å². The van der Waals surface area contributed by atoms with E-state index in [-0.39, 0.29) is 5.41 Å². The molecule has 0 amide bonds. The molecule has 4 rings (SSSR count). The predicted molar refractivity (Wildman–Crippen MR) is 84.2 cm³/mol. The van der Waals surface area contributed by atoms with Crippen LogP contribution in [0.4, 0.5) is 5.69 Å². The molecule has 2 aliphatic carbocycles. The molecule has 3 unspecified atom stereocenters. The van der Waals surface area contributed by atoms with Gasteiger partial charge in [-0.25, -0.2) is 4.99 Å². The van der Waals surface area contributed by atoms with Crippen molar-refractivity contribution in [2.75, 3.05) is 11.9 Å². The van der Waals surface area contributed by atoms with E-state index >= 15 is 0 Å². The fourth-order valence-corrected chi connectivity index (χ4v) is 4.69. The molecule has 1 heterocycles. The maximum Gasteiger partial charge on any atom is 0.193 e. The van der Waals surface area contributed by atoms with Crippen molar-refractivity contribution in [3.8, 4) is 0 Å². The maximum absolute atomic E-state index is 6.15. The zero-order valence-electron chi connectivity index (χ0n) is 12.3. The van der Waals surface area contributed by atoms with Gasteiger partial charge in [0.1, 0.15) is 0 Å². The average Bonchev–Trinajstić information content (AvgIpc) is 3.14. The van der Waals surface area contributed by atoms with Crippen LogP contribution in [0.15, 0.2) is 35.3 Å². The lowest BCUT2D eigenvalue weighted by Crippen LogP contribution is -2.61. The Hall–Kier alpha value is -1.55. The molecule has 2 saturated carbocycles. The van der Waals surface area contributed by atoms with Crippen LogP contribution in [-0.4, -0.2) is 24.7 Å². The topological polar surface area (TPSA) is 59.6 Å². The Kier molecular flexibility index (Phi) is 3.14. The second kappa shape index (κ2) is 5.02. The number of fused-ring (bicyclic) bond motifs is 2. The lowest BCUT2D eigenvalue weighted by atomic mass is 9.54. The van der Waals surface area contributed by atoms with Crippen LogP contribution in [0.2, 0.25) is 0 Å². The highest BCUT2D eigenvalue weighted by atomic mass is 16.5. The fourth-order valence-electron chi connectivity index (χ4n) is 4.69. The van der Waals surface area contributed by atoms with Gasteiger partial charge in [0.15, 0.2) is 5.96 Å². The Morgan fingerprint density at radius 1 is 1.24 bits per heavy atom. The molecule has 4 heteroatoms. The summed E-state index contributed by atoms with van der Waals surface area (Å²) in [4.78, 5) is 4.86. The molecule has 0 radical (unpaired) electrons. The van der Waals surface area contributed by atoms with Gasteiger partial charge in [0, 0.05) is 23.6 Å². The van der Waals surface area contributed by atoms with E-state index in [4.69, 9.17) is 15.5 Å². The van der Waals surface area contributed by atoms with Crippen LogP contribution >= 0.6 is 0 Å². The molecule has 3 N–H and O–H groups in total. The summed E-state index contributed by atoms with van der Waals surface area (Å²) >= 11 is 0. The monoisotopic (exact) mass is 285 g/mol. The largest absolute Gasteiger partial charge is 0.377 e. The van der Waals surface area contributed by atoms with Gasteiger partial charge in [0.25, 0.3) is 0 Å². The number of hydrogen-bond acceptors (Lipinski definition) is 2. The number of anilines is 1. The van der Waals surface area contributed by atoms with Crippen molar-refractivity contribution >= 4 is 11.6 Å². The highest BCUT2D eigenvalue weighted by molar-refractivity contribution is 5.92. The first-order chi connectivity index (χ1) is 10.3. The molecule has 4 nitrogen and oxygen atoms in total. The van der Waals surface area contributed by atoms with Gasteiger partial charge in [-0.05, 0) is 31.4 Å². The Labute approximate surface area is 125 Å². The smallest absolute Gasteiger partial charge is 0.193 e. The van der Waals surface area contributed by atoms with Crippen LogP contribution in [0.25, 0.3) is 0 Å². The molecule has 1 aromatic carbocycles. The molecule has 0 aromatic heterocycles. The van der Waals surface area contributed by atoms with Crippen molar-refractivity contribution in [3.63, 3.8) is 0 Å². The minimum absolute atomic E-state index is 0.282. The summed E-state index contributed by atoms with van der Waals surface area (Å²) in [5, 5.41) is 3.21. The van der Waals surface area contributed by atoms with E-state index in [1.54, 1.807) is 0 Å². The molecule has 0 bridgehead atoms. The van der Waals surface area contributed by atoms with Crippen molar-refractivity contribution < 1.29 is 4.74 Å². The fraction of sp³-hybridized carbons (Fsp3) is 0.588. The van der Waals surface area contributed by atoms with Gasteiger partial charge in [-0.3, -0.25) is 0 Å². The Morgan fingerprint density at radius 3 is 2.76 bits per heavy atom. The third kappa shape index (κ3) is 2.04. The van der Waals surface area contributed by atoms with Gasteiger partial charge >= 0.3 is 0 Å². The maximum atomic E-state index is 6.15. The van der Waals surface area contributed by atoms with E-state index in [0.29, 0.717) is 24.0 Å². The quantitative estimate of drug-likeness (QED) is 0.649. The molecule has 21 heavy (non-hydrogen) atoms. The second-order valence-electron chi connectivity index (χ2n) is 6.63. The number of para-hydroxylation sites is 1. The van der Waals surface area contributed by atoms with Gasteiger partial charge < -0.3 is 15.8 Å². The number of aliphatic imine (C=N–C) groups is 1. The summed E-state index contributed by atoms with van der Waals surface area (Å²) < 4.78 is 5.99. The Morgan fingerprint density at radius 2 is 2.00 bits per heavy atom. The van der Waals surface area contributed by atoms with E-state index in [1.807, 2.05) is 30.3 Å². The summed E-state index contributed by atoms with van der Waals surface area (Å²) in [6, 6.07) is 10.4. The van der Waals surface area contributed by atoms with Gasteiger partial charge in [-0.15, -0.1) is 0 Å². The summed E-state index contributed by atoms with van der Waals surface area (Å²) in [5.74, 6) is 1.13. The predicted octanol–water partition coefficient (Wildman–Crippen LogP) is 2.76. The lowest BCUT2D eigenvalue weighted by molar-refractivity contribution is -0.117. The van der Waals surface area contributed by atoms with Crippen LogP contribution in [0.5, 0.6) is 0 Å². The molecule has 1 aromatic rings. The van der Waals surface area contributed by atoms with E-state index in [9.17, 15) is 0 Å². The van der Waals surface area contributed by atoms with Crippen molar-refractivity contribution in [2.45, 2.75) is 44.2 Å². The third-order valence-electron chi connectivity index (χ3n) is 5.56. The highest BCUT2D eigenvalue weighted by Gasteiger charge is 2.65. The van der Waals surface area contributed by atoms with E-state index < -0.39 is 0 Å². The van der Waals surface area contributed by atoms with Crippen molar-refractivity contribution in [1.82, 2.24) is 0 Å². The van der Waals surface area contributed by atoms with Crippen LogP contribution in [-0.2, 0) is 4.74 Å². The standard InChI is InChI=1S/C17H23N3O/c18-16(19-12-6-2-1-3-7-12)20-14-13-8-11-21-15(13)17(14)9-4-5-10-17/h1-3,6-7,13-15H,4-5,8-11H2,(H3,18,19,20). The first kappa shape index (κ1) is 13.1. The Balaban J connectivity index is 1.53. The molecular formula is C17H23N3O. The second-order valence-corrected chi connectivity index (χ2v) is 6.63. The number of benzene rings is 1. The zero-order chi connectivity index (χ0) is 14.3. The molecule has 1 saturated heterocycles. The summed E-state index contributed by atoms with van der Waals surface area (Å²) in [5.41, 5.74) is 7.43. The molecule has 1 spiro atoms. The Bertz CT molecular complexity index is 536. The van der Waals surface area contributed by atoms with Crippen molar-refractivity contribution in [3.05, 3.63) is 30.3 Å². The van der Waals surface area contributed by atoms with Gasteiger partial charge in [0.05, 0.1) is 12.1 Å². The zero-order valence-corrected chi connectivity index (χ0v) is 12.3. The van der Waals surface area contributed by atoms with Crippen LogP contribution < -0.4 is 11.1 Å². The van der Waals surface area contributed by atoms with E-state index in [0.717, 1.165) is 18.7 Å².